The highest BCUT2D eigenvalue weighted by Gasteiger charge is 2.23. The summed E-state index contributed by atoms with van der Waals surface area (Å²) in [5, 5.41) is 4.60. The van der Waals surface area contributed by atoms with Gasteiger partial charge in [0.2, 0.25) is 5.95 Å². The van der Waals surface area contributed by atoms with Gasteiger partial charge in [-0.3, -0.25) is 0 Å². The van der Waals surface area contributed by atoms with Crippen molar-refractivity contribution in [3.8, 4) is 5.69 Å². The van der Waals surface area contributed by atoms with Crippen LogP contribution >= 0.6 is 11.6 Å². The van der Waals surface area contributed by atoms with Crippen LogP contribution < -0.4 is 4.72 Å². The van der Waals surface area contributed by atoms with Gasteiger partial charge < -0.3 is 0 Å². The predicted molar refractivity (Wildman–Crippen MR) is 86.2 cm³/mol. The molecule has 0 aliphatic heterocycles. The summed E-state index contributed by atoms with van der Waals surface area (Å²) in [6, 6.07) is 8.65. The standard InChI is InChI=1S/C14H12ClN5O2S/c1-10-13(23(21,22)19-14-16-7-4-8-17-14)9-18-20(10)12-6-3-2-5-11(12)15/h2-9H,1H3,(H,16,17,19). The molecule has 0 fully saturated rings. The summed E-state index contributed by atoms with van der Waals surface area (Å²) >= 11 is 6.14. The molecule has 0 spiro atoms. The fourth-order valence-electron chi connectivity index (χ4n) is 2.05. The highest BCUT2D eigenvalue weighted by Crippen LogP contribution is 2.24. The largest absolute Gasteiger partial charge is 0.267 e. The van der Waals surface area contributed by atoms with Gasteiger partial charge in [0.25, 0.3) is 10.0 Å². The number of anilines is 1. The molecule has 0 atom stereocenters. The summed E-state index contributed by atoms with van der Waals surface area (Å²) in [6.07, 6.45) is 4.17. The van der Waals surface area contributed by atoms with Crippen molar-refractivity contribution < 1.29 is 8.42 Å². The summed E-state index contributed by atoms with van der Waals surface area (Å²) in [4.78, 5) is 7.73. The summed E-state index contributed by atoms with van der Waals surface area (Å²) in [5.74, 6) is -0.00241. The Morgan fingerprint density at radius 3 is 2.52 bits per heavy atom. The fourth-order valence-corrected chi connectivity index (χ4v) is 3.38. The van der Waals surface area contributed by atoms with Crippen molar-refractivity contribution in [1.82, 2.24) is 19.7 Å². The minimum absolute atomic E-state index is 0.00241. The van der Waals surface area contributed by atoms with Crippen LogP contribution in [0, 0.1) is 6.92 Å². The first kappa shape index (κ1) is 15.4. The molecule has 0 saturated carbocycles. The van der Waals surface area contributed by atoms with Crippen LogP contribution in [0.15, 0.2) is 53.8 Å². The van der Waals surface area contributed by atoms with E-state index in [9.17, 15) is 8.42 Å². The van der Waals surface area contributed by atoms with E-state index in [1.165, 1.54) is 23.3 Å². The van der Waals surface area contributed by atoms with Crippen LogP contribution in [0.1, 0.15) is 5.69 Å². The SMILES string of the molecule is Cc1c(S(=O)(=O)Nc2ncccn2)cnn1-c1ccccc1Cl. The van der Waals surface area contributed by atoms with E-state index in [1.807, 2.05) is 0 Å². The lowest BCUT2D eigenvalue weighted by Crippen LogP contribution is -2.15. The Hall–Kier alpha value is -2.45. The second-order valence-corrected chi connectivity index (χ2v) is 6.69. The third kappa shape index (κ3) is 3.03. The molecule has 0 unspecified atom stereocenters. The number of aromatic nitrogens is 4. The Bertz CT molecular complexity index is 941. The van der Waals surface area contributed by atoms with Gasteiger partial charge in [-0.1, -0.05) is 23.7 Å². The number of benzene rings is 1. The van der Waals surface area contributed by atoms with E-state index in [0.29, 0.717) is 16.4 Å². The lowest BCUT2D eigenvalue weighted by atomic mass is 10.3. The maximum Gasteiger partial charge on any atom is 0.267 e. The van der Waals surface area contributed by atoms with Crippen LogP contribution in [-0.4, -0.2) is 28.2 Å². The molecule has 0 aliphatic carbocycles. The summed E-state index contributed by atoms with van der Waals surface area (Å²) in [6.45, 7) is 1.65. The van der Waals surface area contributed by atoms with E-state index in [4.69, 9.17) is 11.6 Å². The molecule has 3 aromatic rings. The molecule has 0 bridgehead atoms. The number of halogens is 1. The van der Waals surface area contributed by atoms with Gasteiger partial charge in [0.15, 0.2) is 0 Å². The second kappa shape index (κ2) is 5.98. The number of nitrogens with zero attached hydrogens (tertiary/aromatic N) is 4. The summed E-state index contributed by atoms with van der Waals surface area (Å²) < 4.78 is 28.7. The molecule has 2 aromatic heterocycles. The van der Waals surface area contributed by atoms with E-state index in [-0.39, 0.29) is 10.8 Å². The van der Waals surface area contributed by atoms with Crippen molar-refractivity contribution in [2.75, 3.05) is 4.72 Å². The van der Waals surface area contributed by atoms with E-state index < -0.39 is 10.0 Å². The minimum atomic E-state index is -3.85. The lowest BCUT2D eigenvalue weighted by molar-refractivity contribution is 0.600. The van der Waals surface area contributed by atoms with Crippen LogP contribution in [0.2, 0.25) is 5.02 Å². The molecule has 7 nitrogen and oxygen atoms in total. The first-order valence-electron chi connectivity index (χ1n) is 6.58. The zero-order valence-electron chi connectivity index (χ0n) is 12.0. The molecular formula is C14H12ClN5O2S. The molecule has 118 valence electrons. The first-order valence-corrected chi connectivity index (χ1v) is 8.44. The van der Waals surface area contributed by atoms with E-state index in [0.717, 1.165) is 0 Å². The Morgan fingerprint density at radius 1 is 1.13 bits per heavy atom. The van der Waals surface area contributed by atoms with Gasteiger partial charge in [0.1, 0.15) is 4.90 Å². The van der Waals surface area contributed by atoms with Gasteiger partial charge in [0.05, 0.1) is 22.6 Å². The van der Waals surface area contributed by atoms with Crippen LogP contribution in [0.3, 0.4) is 0 Å². The van der Waals surface area contributed by atoms with Gasteiger partial charge in [-0.05, 0) is 25.1 Å². The second-order valence-electron chi connectivity index (χ2n) is 4.64. The van der Waals surface area contributed by atoms with Crippen molar-refractivity contribution in [2.24, 2.45) is 0 Å². The van der Waals surface area contributed by atoms with Crippen molar-refractivity contribution in [1.29, 1.82) is 0 Å². The molecule has 1 N–H and O–H groups in total. The Morgan fingerprint density at radius 2 is 1.83 bits per heavy atom. The van der Waals surface area contributed by atoms with Gasteiger partial charge >= 0.3 is 0 Å². The number of para-hydroxylation sites is 1. The minimum Gasteiger partial charge on any atom is -0.247 e. The zero-order chi connectivity index (χ0) is 16.4. The predicted octanol–water partition coefficient (Wildman–Crippen LogP) is 2.42. The molecule has 0 radical (unpaired) electrons. The van der Waals surface area contributed by atoms with E-state index in [2.05, 4.69) is 19.8 Å². The maximum atomic E-state index is 12.5. The van der Waals surface area contributed by atoms with Crippen molar-refractivity contribution in [2.45, 2.75) is 11.8 Å². The monoisotopic (exact) mass is 349 g/mol. The topological polar surface area (TPSA) is 89.8 Å². The number of hydrogen-bond acceptors (Lipinski definition) is 5. The number of hydrogen-bond donors (Lipinski definition) is 1. The molecule has 1 aromatic carbocycles. The van der Waals surface area contributed by atoms with Crippen LogP contribution in [0.5, 0.6) is 0 Å². The van der Waals surface area contributed by atoms with Crippen LogP contribution in [0.4, 0.5) is 5.95 Å². The number of nitrogens with one attached hydrogen (secondary N) is 1. The van der Waals surface area contributed by atoms with Crippen LogP contribution in [-0.2, 0) is 10.0 Å². The zero-order valence-corrected chi connectivity index (χ0v) is 13.6. The maximum absolute atomic E-state index is 12.5. The summed E-state index contributed by atoms with van der Waals surface area (Å²) in [7, 11) is -3.85. The number of sulfonamides is 1. The molecule has 3 rings (SSSR count). The summed E-state index contributed by atoms with van der Waals surface area (Å²) in [5.41, 5.74) is 1.03. The van der Waals surface area contributed by atoms with Gasteiger partial charge in [0, 0.05) is 12.4 Å². The first-order chi connectivity index (χ1) is 11.0. The normalized spacial score (nSPS) is 11.4. The Labute approximate surface area is 138 Å². The number of rotatable bonds is 4. The molecule has 9 heteroatoms. The Kier molecular flexibility index (Phi) is 4.01. The molecule has 0 saturated heterocycles. The average Bonchev–Trinajstić information content (AvgIpc) is 2.91. The van der Waals surface area contributed by atoms with Gasteiger partial charge in [-0.15, -0.1) is 0 Å². The lowest BCUT2D eigenvalue weighted by Gasteiger charge is -2.08. The highest BCUT2D eigenvalue weighted by atomic mass is 35.5. The quantitative estimate of drug-likeness (QED) is 0.781. The molecule has 0 aliphatic rings. The van der Waals surface area contributed by atoms with Gasteiger partial charge in [-0.2, -0.15) is 5.10 Å². The average molecular weight is 350 g/mol. The van der Waals surface area contributed by atoms with E-state index >= 15 is 0 Å². The van der Waals surface area contributed by atoms with Crippen LogP contribution in [0.25, 0.3) is 5.69 Å². The van der Waals surface area contributed by atoms with Crippen molar-refractivity contribution in [3.63, 3.8) is 0 Å². The third-order valence-corrected chi connectivity index (χ3v) is 4.88. The van der Waals surface area contributed by atoms with Crippen molar-refractivity contribution >= 4 is 27.6 Å². The fraction of sp³-hybridized carbons (Fsp3) is 0.0714. The van der Waals surface area contributed by atoms with Crippen molar-refractivity contribution in [3.05, 3.63) is 59.6 Å². The van der Waals surface area contributed by atoms with Gasteiger partial charge in [-0.25, -0.2) is 27.8 Å². The molecule has 2 heterocycles. The highest BCUT2D eigenvalue weighted by molar-refractivity contribution is 7.92. The molecular weight excluding hydrogens is 338 g/mol. The third-order valence-electron chi connectivity index (χ3n) is 3.13. The van der Waals surface area contributed by atoms with E-state index in [1.54, 1.807) is 37.3 Å². The Balaban J connectivity index is 2.00. The molecule has 23 heavy (non-hydrogen) atoms. The molecule has 0 amide bonds. The smallest absolute Gasteiger partial charge is 0.247 e.